The van der Waals surface area contributed by atoms with Gasteiger partial charge in [0.2, 0.25) is 15.9 Å². The minimum Gasteiger partial charge on any atom is -0.493 e. The number of ether oxygens (including phenoxy) is 1. The second-order valence-electron chi connectivity index (χ2n) is 4.36. The lowest BCUT2D eigenvalue weighted by Crippen LogP contribution is -2.23. The van der Waals surface area contributed by atoms with Gasteiger partial charge in [-0.25, -0.2) is 13.6 Å². The summed E-state index contributed by atoms with van der Waals surface area (Å²) in [7, 11) is -0.364. The van der Waals surface area contributed by atoms with Gasteiger partial charge >= 0.3 is 0 Å². The molecule has 0 fully saturated rings. The predicted octanol–water partition coefficient (Wildman–Crippen LogP) is 0.500. The summed E-state index contributed by atoms with van der Waals surface area (Å²) in [5.41, 5.74) is 0.513. The van der Waals surface area contributed by atoms with Crippen molar-refractivity contribution in [2.24, 2.45) is 5.14 Å². The van der Waals surface area contributed by atoms with Crippen LogP contribution in [0.1, 0.15) is 12.0 Å². The lowest BCUT2D eigenvalue weighted by atomic mass is 10.2. The van der Waals surface area contributed by atoms with Crippen molar-refractivity contribution in [3.63, 3.8) is 0 Å². The van der Waals surface area contributed by atoms with Crippen LogP contribution in [0.25, 0.3) is 0 Å². The van der Waals surface area contributed by atoms with E-state index in [4.69, 9.17) is 9.88 Å². The van der Waals surface area contributed by atoms with Crippen LogP contribution in [0, 0.1) is 6.92 Å². The van der Waals surface area contributed by atoms with Gasteiger partial charge in [-0.1, -0.05) is 0 Å². The van der Waals surface area contributed by atoms with Crippen LogP contribution in [0.3, 0.4) is 0 Å². The zero-order valence-corrected chi connectivity index (χ0v) is 12.0. The average molecular weight is 286 g/mol. The number of aryl methyl sites for hydroxylation is 1. The van der Waals surface area contributed by atoms with E-state index in [1.54, 1.807) is 27.1 Å². The topological polar surface area (TPSA) is 89.7 Å². The molecule has 0 heterocycles. The van der Waals surface area contributed by atoms with Gasteiger partial charge in [-0.05, 0) is 30.7 Å². The van der Waals surface area contributed by atoms with Crippen molar-refractivity contribution in [3.8, 4) is 5.75 Å². The maximum Gasteiger partial charge on any atom is 0.238 e. The summed E-state index contributed by atoms with van der Waals surface area (Å²) in [5.74, 6) is 0.481. The molecule has 2 N–H and O–H groups in total. The van der Waals surface area contributed by atoms with E-state index in [9.17, 15) is 13.2 Å². The molecule has 0 saturated carbocycles. The molecule has 0 saturated heterocycles. The Labute approximate surface area is 113 Å². The highest BCUT2D eigenvalue weighted by atomic mass is 32.2. The number of hydrogen-bond acceptors (Lipinski definition) is 4. The first-order valence-electron chi connectivity index (χ1n) is 5.68. The molecule has 0 aliphatic heterocycles. The van der Waals surface area contributed by atoms with Crippen LogP contribution in [-0.4, -0.2) is 39.9 Å². The fourth-order valence-electron chi connectivity index (χ4n) is 1.51. The Balaban J connectivity index is 2.68. The molecule has 0 aliphatic carbocycles. The molecule has 0 spiro atoms. The van der Waals surface area contributed by atoms with Gasteiger partial charge in [0.15, 0.2) is 0 Å². The third-order valence-corrected chi connectivity index (χ3v) is 3.61. The molecular formula is C12H18N2O4S. The molecule has 106 valence electrons. The smallest absolute Gasteiger partial charge is 0.238 e. The Morgan fingerprint density at radius 2 is 2.00 bits per heavy atom. The Hall–Kier alpha value is -1.60. The predicted molar refractivity (Wildman–Crippen MR) is 71.4 cm³/mol. The number of sulfonamides is 1. The van der Waals surface area contributed by atoms with E-state index in [2.05, 4.69) is 0 Å². The molecule has 0 bridgehead atoms. The highest BCUT2D eigenvalue weighted by molar-refractivity contribution is 7.89. The molecule has 0 aliphatic rings. The minimum absolute atomic E-state index is 0.0297. The first kappa shape index (κ1) is 15.5. The second kappa shape index (κ2) is 6.03. The maximum atomic E-state index is 11.3. The molecule has 6 nitrogen and oxygen atoms in total. The van der Waals surface area contributed by atoms with Crippen LogP contribution < -0.4 is 9.88 Å². The number of hydrogen-bond donors (Lipinski definition) is 1. The van der Waals surface area contributed by atoms with E-state index in [0.29, 0.717) is 11.3 Å². The molecule has 7 heteroatoms. The van der Waals surface area contributed by atoms with E-state index < -0.39 is 10.0 Å². The standard InChI is InChI=1S/C12H18N2O4S/c1-9-8-10(4-5-11(9)19(13,16)17)18-7-6-12(15)14(2)3/h4-5,8H,6-7H2,1-3H3,(H2,13,16,17). The summed E-state index contributed by atoms with van der Waals surface area (Å²) < 4.78 is 27.9. The number of carbonyl (C=O) groups excluding carboxylic acids is 1. The van der Waals surface area contributed by atoms with E-state index in [1.165, 1.54) is 17.0 Å². The number of primary sulfonamides is 1. The second-order valence-corrected chi connectivity index (χ2v) is 5.89. The molecular weight excluding hydrogens is 268 g/mol. The van der Waals surface area contributed by atoms with Gasteiger partial charge in [-0.2, -0.15) is 0 Å². The van der Waals surface area contributed by atoms with Crippen molar-refractivity contribution in [1.82, 2.24) is 4.90 Å². The van der Waals surface area contributed by atoms with Crippen molar-refractivity contribution in [2.75, 3.05) is 20.7 Å². The largest absolute Gasteiger partial charge is 0.493 e. The summed E-state index contributed by atoms with van der Waals surface area (Å²) in [6.45, 7) is 1.88. The fraction of sp³-hybridized carbons (Fsp3) is 0.417. The zero-order valence-electron chi connectivity index (χ0n) is 11.2. The van der Waals surface area contributed by atoms with Gasteiger partial charge in [-0.3, -0.25) is 4.79 Å². The Bertz CT molecular complexity index is 567. The van der Waals surface area contributed by atoms with Gasteiger partial charge in [0.25, 0.3) is 0 Å². The van der Waals surface area contributed by atoms with E-state index in [-0.39, 0.29) is 23.8 Å². The summed E-state index contributed by atoms with van der Waals surface area (Å²) in [6, 6.07) is 4.50. The third kappa shape index (κ3) is 4.53. The van der Waals surface area contributed by atoms with E-state index in [0.717, 1.165) is 0 Å². The number of benzene rings is 1. The molecule has 0 aromatic heterocycles. The molecule has 1 rings (SSSR count). The quantitative estimate of drug-likeness (QED) is 0.853. The van der Waals surface area contributed by atoms with E-state index >= 15 is 0 Å². The number of nitrogens with zero attached hydrogens (tertiary/aromatic N) is 1. The van der Waals surface area contributed by atoms with Crippen molar-refractivity contribution >= 4 is 15.9 Å². The third-order valence-electron chi connectivity index (χ3n) is 2.54. The number of rotatable bonds is 5. The Morgan fingerprint density at radius 3 is 2.47 bits per heavy atom. The molecule has 1 aromatic carbocycles. The zero-order chi connectivity index (χ0) is 14.6. The van der Waals surface area contributed by atoms with Gasteiger partial charge in [0, 0.05) is 14.1 Å². The minimum atomic E-state index is -3.71. The number of nitrogens with two attached hydrogens (primary N) is 1. The summed E-state index contributed by atoms with van der Waals surface area (Å²) in [6.07, 6.45) is 0.267. The molecule has 0 radical (unpaired) electrons. The van der Waals surface area contributed by atoms with Crippen LogP contribution in [0.2, 0.25) is 0 Å². The molecule has 1 amide bonds. The number of carbonyl (C=O) groups is 1. The summed E-state index contributed by atoms with van der Waals surface area (Å²) >= 11 is 0. The fourth-order valence-corrected chi connectivity index (χ4v) is 2.28. The SMILES string of the molecule is Cc1cc(OCCC(=O)N(C)C)ccc1S(N)(=O)=O. The van der Waals surface area contributed by atoms with Crippen molar-refractivity contribution in [3.05, 3.63) is 23.8 Å². The van der Waals surface area contributed by atoms with Crippen LogP contribution >= 0.6 is 0 Å². The van der Waals surface area contributed by atoms with Crippen LogP contribution in [0.15, 0.2) is 23.1 Å². The molecule has 0 atom stereocenters. The van der Waals surface area contributed by atoms with Gasteiger partial charge in [0.05, 0.1) is 17.9 Å². The normalized spacial score (nSPS) is 11.2. The summed E-state index contributed by atoms with van der Waals surface area (Å²) in [5, 5.41) is 5.06. The van der Waals surface area contributed by atoms with Crippen LogP contribution in [0.5, 0.6) is 5.75 Å². The first-order chi connectivity index (χ1) is 8.71. The first-order valence-corrected chi connectivity index (χ1v) is 7.23. The number of amides is 1. The monoisotopic (exact) mass is 286 g/mol. The van der Waals surface area contributed by atoms with Crippen molar-refractivity contribution in [2.45, 2.75) is 18.2 Å². The lowest BCUT2D eigenvalue weighted by molar-refractivity contribution is -0.129. The van der Waals surface area contributed by atoms with Crippen LogP contribution in [-0.2, 0) is 14.8 Å². The van der Waals surface area contributed by atoms with Crippen molar-refractivity contribution < 1.29 is 17.9 Å². The highest BCUT2D eigenvalue weighted by Gasteiger charge is 2.12. The molecule has 19 heavy (non-hydrogen) atoms. The van der Waals surface area contributed by atoms with Crippen LogP contribution in [0.4, 0.5) is 0 Å². The van der Waals surface area contributed by atoms with Crippen molar-refractivity contribution in [1.29, 1.82) is 0 Å². The Morgan fingerprint density at radius 1 is 1.37 bits per heavy atom. The summed E-state index contributed by atoms with van der Waals surface area (Å²) in [4.78, 5) is 12.9. The van der Waals surface area contributed by atoms with Gasteiger partial charge in [-0.15, -0.1) is 0 Å². The molecule has 1 aromatic rings. The highest BCUT2D eigenvalue weighted by Crippen LogP contribution is 2.20. The van der Waals surface area contributed by atoms with E-state index in [1.807, 2.05) is 0 Å². The molecule has 0 unspecified atom stereocenters. The van der Waals surface area contributed by atoms with Gasteiger partial charge in [0.1, 0.15) is 5.75 Å². The average Bonchev–Trinajstić information content (AvgIpc) is 2.27. The maximum absolute atomic E-state index is 11.3. The van der Waals surface area contributed by atoms with Gasteiger partial charge < -0.3 is 9.64 Å². The lowest BCUT2D eigenvalue weighted by Gasteiger charge is -2.11. The Kier molecular flexibility index (Phi) is 4.90.